The molecular weight excluding hydrogens is 289 g/mol. The fourth-order valence-electron chi connectivity index (χ4n) is 1.65. The Hall–Kier alpha value is -2.27. The molecule has 0 aliphatic heterocycles. The van der Waals surface area contributed by atoms with Crippen LogP contribution >= 0.6 is 0 Å². The standard InChI is InChI=1S/C13H13F3N2O3/c1-7(19)11(12(20)21-2)18-9-4-3-8(6-17)10(5-9)13(14,15)16/h3-5,7,11,18-19H,1-2H3. The van der Waals surface area contributed by atoms with Crippen LogP contribution in [0.3, 0.4) is 0 Å². The molecule has 0 fully saturated rings. The van der Waals surface area contributed by atoms with Crippen molar-refractivity contribution in [1.29, 1.82) is 5.26 Å². The molecule has 0 aromatic heterocycles. The van der Waals surface area contributed by atoms with Gasteiger partial charge in [-0.3, -0.25) is 0 Å². The summed E-state index contributed by atoms with van der Waals surface area (Å²) in [4.78, 5) is 11.4. The van der Waals surface area contributed by atoms with E-state index < -0.39 is 35.4 Å². The summed E-state index contributed by atoms with van der Waals surface area (Å²) in [5.74, 6) is -0.817. The van der Waals surface area contributed by atoms with Gasteiger partial charge in [0.25, 0.3) is 0 Å². The van der Waals surface area contributed by atoms with Gasteiger partial charge in [-0.05, 0) is 25.1 Å². The van der Waals surface area contributed by atoms with Gasteiger partial charge in [0.1, 0.15) is 0 Å². The number of hydrogen-bond donors (Lipinski definition) is 2. The van der Waals surface area contributed by atoms with Crippen molar-refractivity contribution < 1.29 is 27.8 Å². The maximum atomic E-state index is 12.8. The van der Waals surface area contributed by atoms with E-state index >= 15 is 0 Å². The number of aliphatic hydroxyl groups excluding tert-OH is 1. The van der Waals surface area contributed by atoms with Crippen molar-refractivity contribution in [3.63, 3.8) is 0 Å². The Bertz CT molecular complexity index is 565. The first kappa shape index (κ1) is 16.8. The van der Waals surface area contributed by atoms with Crippen LogP contribution in [0.4, 0.5) is 18.9 Å². The molecular formula is C13H13F3N2O3. The summed E-state index contributed by atoms with van der Waals surface area (Å²) in [7, 11) is 1.10. The number of hydrogen-bond acceptors (Lipinski definition) is 5. The molecule has 0 saturated heterocycles. The van der Waals surface area contributed by atoms with E-state index in [-0.39, 0.29) is 5.69 Å². The fourth-order valence-corrected chi connectivity index (χ4v) is 1.65. The monoisotopic (exact) mass is 302 g/mol. The van der Waals surface area contributed by atoms with Crippen molar-refractivity contribution in [2.24, 2.45) is 0 Å². The number of esters is 1. The second kappa shape index (κ2) is 6.45. The third-order valence-corrected chi connectivity index (χ3v) is 2.71. The Morgan fingerprint density at radius 1 is 1.48 bits per heavy atom. The molecule has 0 spiro atoms. The number of ether oxygens (including phenoxy) is 1. The summed E-state index contributed by atoms with van der Waals surface area (Å²) >= 11 is 0. The molecule has 0 saturated carbocycles. The van der Waals surface area contributed by atoms with E-state index in [1.54, 1.807) is 0 Å². The number of nitrogens with zero attached hydrogens (tertiary/aromatic N) is 1. The van der Waals surface area contributed by atoms with Crippen molar-refractivity contribution in [3.8, 4) is 6.07 Å². The molecule has 0 bridgehead atoms. The molecule has 2 unspecified atom stereocenters. The lowest BCUT2D eigenvalue weighted by Crippen LogP contribution is -2.40. The highest BCUT2D eigenvalue weighted by Crippen LogP contribution is 2.33. The maximum absolute atomic E-state index is 12.8. The number of aliphatic hydroxyl groups is 1. The Balaban J connectivity index is 3.15. The second-order valence-corrected chi connectivity index (χ2v) is 4.26. The predicted octanol–water partition coefficient (Wildman–Crippen LogP) is 1.91. The number of benzene rings is 1. The van der Waals surface area contributed by atoms with E-state index in [2.05, 4.69) is 10.1 Å². The largest absolute Gasteiger partial charge is 0.467 e. The molecule has 114 valence electrons. The Kier molecular flexibility index (Phi) is 5.16. The number of alkyl halides is 3. The van der Waals surface area contributed by atoms with Gasteiger partial charge in [0.05, 0.1) is 30.4 Å². The van der Waals surface area contributed by atoms with Gasteiger partial charge >= 0.3 is 12.1 Å². The summed E-state index contributed by atoms with van der Waals surface area (Å²) in [5.41, 5.74) is -1.71. The summed E-state index contributed by atoms with van der Waals surface area (Å²) in [6.07, 6.45) is -5.88. The van der Waals surface area contributed by atoms with Gasteiger partial charge in [0, 0.05) is 5.69 Å². The molecule has 2 N–H and O–H groups in total. The topological polar surface area (TPSA) is 82.3 Å². The van der Waals surface area contributed by atoms with Gasteiger partial charge < -0.3 is 15.2 Å². The van der Waals surface area contributed by atoms with Crippen LogP contribution in [0.2, 0.25) is 0 Å². The molecule has 8 heteroatoms. The molecule has 0 radical (unpaired) electrons. The molecule has 21 heavy (non-hydrogen) atoms. The highest BCUT2D eigenvalue weighted by atomic mass is 19.4. The number of carbonyl (C=O) groups is 1. The number of rotatable bonds is 4. The summed E-state index contributed by atoms with van der Waals surface area (Å²) in [5, 5.41) is 20.6. The summed E-state index contributed by atoms with van der Waals surface area (Å²) < 4.78 is 42.9. The quantitative estimate of drug-likeness (QED) is 0.830. The Labute approximate surface area is 118 Å². The normalized spacial score (nSPS) is 14.0. The SMILES string of the molecule is COC(=O)C(Nc1ccc(C#N)c(C(F)(F)F)c1)C(C)O. The van der Waals surface area contributed by atoms with Gasteiger partial charge in [-0.2, -0.15) is 18.4 Å². The number of nitriles is 1. The van der Waals surface area contributed by atoms with Gasteiger partial charge in [-0.1, -0.05) is 0 Å². The third-order valence-electron chi connectivity index (χ3n) is 2.71. The Morgan fingerprint density at radius 3 is 2.52 bits per heavy atom. The van der Waals surface area contributed by atoms with Gasteiger partial charge in [0.15, 0.2) is 6.04 Å². The number of carbonyl (C=O) groups excluding carboxylic acids is 1. The minimum Gasteiger partial charge on any atom is -0.467 e. The zero-order chi connectivity index (χ0) is 16.2. The van der Waals surface area contributed by atoms with Gasteiger partial charge in [-0.25, -0.2) is 4.79 Å². The first-order valence-electron chi connectivity index (χ1n) is 5.84. The smallest absolute Gasteiger partial charge is 0.417 e. The number of methoxy groups -OCH3 is 1. The predicted molar refractivity (Wildman–Crippen MR) is 67.3 cm³/mol. The van der Waals surface area contributed by atoms with Gasteiger partial charge in [-0.15, -0.1) is 0 Å². The second-order valence-electron chi connectivity index (χ2n) is 4.26. The van der Waals surface area contributed by atoms with Crippen molar-refractivity contribution in [1.82, 2.24) is 0 Å². The highest BCUT2D eigenvalue weighted by Gasteiger charge is 2.34. The zero-order valence-corrected chi connectivity index (χ0v) is 11.2. The van der Waals surface area contributed by atoms with Crippen molar-refractivity contribution >= 4 is 11.7 Å². The van der Waals surface area contributed by atoms with E-state index in [1.165, 1.54) is 19.1 Å². The molecule has 5 nitrogen and oxygen atoms in total. The summed E-state index contributed by atoms with van der Waals surface area (Å²) in [6, 6.07) is 3.14. The van der Waals surface area contributed by atoms with Crippen molar-refractivity contribution in [2.45, 2.75) is 25.2 Å². The molecule has 1 aromatic carbocycles. The van der Waals surface area contributed by atoms with Crippen LogP contribution in [0.25, 0.3) is 0 Å². The summed E-state index contributed by atoms with van der Waals surface area (Å²) in [6.45, 7) is 1.29. The zero-order valence-electron chi connectivity index (χ0n) is 11.2. The van der Waals surface area contributed by atoms with Crippen LogP contribution in [-0.4, -0.2) is 30.3 Å². The maximum Gasteiger partial charge on any atom is 0.417 e. The van der Waals surface area contributed by atoms with Crippen LogP contribution in [0.1, 0.15) is 18.1 Å². The molecule has 1 rings (SSSR count). The van der Waals surface area contributed by atoms with Gasteiger partial charge in [0.2, 0.25) is 0 Å². The van der Waals surface area contributed by atoms with Crippen LogP contribution in [-0.2, 0) is 15.7 Å². The fraction of sp³-hybridized carbons (Fsp3) is 0.385. The number of nitrogens with one attached hydrogen (secondary N) is 1. The van der Waals surface area contributed by atoms with Crippen LogP contribution < -0.4 is 5.32 Å². The Morgan fingerprint density at radius 2 is 2.10 bits per heavy atom. The minimum absolute atomic E-state index is 0.0578. The van der Waals surface area contributed by atoms with E-state index in [1.807, 2.05) is 0 Å². The van der Waals surface area contributed by atoms with Crippen LogP contribution in [0.5, 0.6) is 0 Å². The van der Waals surface area contributed by atoms with E-state index in [4.69, 9.17) is 5.26 Å². The van der Waals surface area contributed by atoms with E-state index in [9.17, 15) is 23.1 Å². The lowest BCUT2D eigenvalue weighted by Gasteiger charge is -2.21. The molecule has 0 amide bonds. The molecule has 1 aromatic rings. The average Bonchev–Trinajstić information content (AvgIpc) is 2.42. The number of anilines is 1. The molecule has 2 atom stereocenters. The van der Waals surface area contributed by atoms with Crippen LogP contribution in [0.15, 0.2) is 18.2 Å². The highest BCUT2D eigenvalue weighted by molar-refractivity contribution is 5.80. The van der Waals surface area contributed by atoms with E-state index in [0.717, 1.165) is 13.2 Å². The number of halogens is 3. The molecule has 0 aliphatic rings. The third kappa shape index (κ3) is 4.10. The lowest BCUT2D eigenvalue weighted by molar-refractivity contribution is -0.143. The van der Waals surface area contributed by atoms with Crippen molar-refractivity contribution in [2.75, 3.05) is 12.4 Å². The van der Waals surface area contributed by atoms with E-state index in [0.29, 0.717) is 6.07 Å². The van der Waals surface area contributed by atoms with Crippen molar-refractivity contribution in [3.05, 3.63) is 29.3 Å². The average molecular weight is 302 g/mol. The first-order chi connectivity index (χ1) is 9.70. The van der Waals surface area contributed by atoms with Crippen LogP contribution in [0, 0.1) is 11.3 Å². The molecule has 0 heterocycles. The minimum atomic E-state index is -4.70. The molecule has 0 aliphatic carbocycles. The first-order valence-corrected chi connectivity index (χ1v) is 5.84. The lowest BCUT2D eigenvalue weighted by atomic mass is 10.1.